The first-order valence-electron chi connectivity index (χ1n) is 7.72. The molecule has 0 amide bonds. The largest absolute Gasteiger partial charge is 0.493 e. The number of morpholine rings is 1. The fourth-order valence-electron chi connectivity index (χ4n) is 2.94. The van der Waals surface area contributed by atoms with Gasteiger partial charge in [-0.1, -0.05) is 0 Å². The highest BCUT2D eigenvalue weighted by molar-refractivity contribution is 5.98. The standard InChI is InChI=1S/C17H20N2O5/c1-22-14-8-12-11(7-16(20)21)10-18-17(13(12)9-15(14)23-2)19-3-5-24-6-4-19/h8-10H,3-7H2,1-2H3,(H,20,21). The molecule has 2 heterocycles. The van der Waals surface area contributed by atoms with E-state index in [1.807, 2.05) is 12.1 Å². The number of ether oxygens (including phenoxy) is 3. The monoisotopic (exact) mass is 332 g/mol. The summed E-state index contributed by atoms with van der Waals surface area (Å²) in [6.45, 7) is 2.78. The van der Waals surface area contributed by atoms with Crippen molar-refractivity contribution in [3.8, 4) is 11.5 Å². The van der Waals surface area contributed by atoms with Gasteiger partial charge in [-0.25, -0.2) is 4.98 Å². The molecule has 0 saturated carbocycles. The second-order valence-corrected chi connectivity index (χ2v) is 5.53. The Morgan fingerprint density at radius 3 is 2.42 bits per heavy atom. The molecule has 2 aromatic rings. The number of aliphatic carboxylic acids is 1. The van der Waals surface area contributed by atoms with E-state index in [0.717, 1.165) is 29.7 Å². The number of fused-ring (bicyclic) bond motifs is 1. The molecule has 1 fully saturated rings. The Labute approximate surface area is 139 Å². The molecule has 128 valence electrons. The smallest absolute Gasteiger partial charge is 0.307 e. The highest BCUT2D eigenvalue weighted by Gasteiger charge is 2.20. The molecule has 7 nitrogen and oxygen atoms in total. The van der Waals surface area contributed by atoms with Gasteiger partial charge < -0.3 is 24.2 Å². The Morgan fingerprint density at radius 2 is 1.83 bits per heavy atom. The van der Waals surface area contributed by atoms with Crippen LogP contribution in [0.5, 0.6) is 11.5 Å². The van der Waals surface area contributed by atoms with Gasteiger partial charge in [0.15, 0.2) is 11.5 Å². The number of anilines is 1. The van der Waals surface area contributed by atoms with Crippen LogP contribution in [-0.4, -0.2) is 56.6 Å². The molecule has 0 spiro atoms. The third-order valence-electron chi connectivity index (χ3n) is 4.11. The number of carboxylic acid groups (broad SMARTS) is 1. The Bertz CT molecular complexity index is 756. The highest BCUT2D eigenvalue weighted by atomic mass is 16.5. The fraction of sp³-hybridized carbons (Fsp3) is 0.412. The number of pyridine rings is 1. The third-order valence-corrected chi connectivity index (χ3v) is 4.11. The van der Waals surface area contributed by atoms with Gasteiger partial charge in [0, 0.05) is 24.7 Å². The van der Waals surface area contributed by atoms with Gasteiger partial charge in [0.2, 0.25) is 0 Å². The van der Waals surface area contributed by atoms with E-state index in [2.05, 4.69) is 9.88 Å². The van der Waals surface area contributed by atoms with Gasteiger partial charge in [-0.05, 0) is 23.1 Å². The molecule has 1 saturated heterocycles. The first-order chi connectivity index (χ1) is 11.6. The van der Waals surface area contributed by atoms with Crippen molar-refractivity contribution in [1.82, 2.24) is 4.98 Å². The van der Waals surface area contributed by atoms with Crippen LogP contribution in [0, 0.1) is 0 Å². The number of carboxylic acids is 1. The van der Waals surface area contributed by atoms with Gasteiger partial charge in [0.1, 0.15) is 5.82 Å². The van der Waals surface area contributed by atoms with Gasteiger partial charge in [-0.3, -0.25) is 4.79 Å². The minimum absolute atomic E-state index is 0.0949. The third kappa shape index (κ3) is 3.07. The Morgan fingerprint density at radius 1 is 1.21 bits per heavy atom. The van der Waals surface area contributed by atoms with E-state index in [9.17, 15) is 4.79 Å². The first-order valence-corrected chi connectivity index (χ1v) is 7.72. The Kier molecular flexibility index (Phi) is 4.71. The van der Waals surface area contributed by atoms with Crippen molar-refractivity contribution in [2.24, 2.45) is 0 Å². The van der Waals surface area contributed by atoms with Crippen molar-refractivity contribution >= 4 is 22.6 Å². The van der Waals surface area contributed by atoms with Crippen LogP contribution in [0.4, 0.5) is 5.82 Å². The van der Waals surface area contributed by atoms with Crippen LogP contribution in [0.2, 0.25) is 0 Å². The molecule has 0 aliphatic carbocycles. The number of rotatable bonds is 5. The van der Waals surface area contributed by atoms with Crippen LogP contribution in [-0.2, 0) is 16.0 Å². The summed E-state index contributed by atoms with van der Waals surface area (Å²) >= 11 is 0. The van der Waals surface area contributed by atoms with E-state index in [-0.39, 0.29) is 6.42 Å². The molecular formula is C17H20N2O5. The summed E-state index contributed by atoms with van der Waals surface area (Å²) in [6.07, 6.45) is 1.54. The molecule has 3 rings (SSSR count). The summed E-state index contributed by atoms with van der Waals surface area (Å²) in [5, 5.41) is 10.8. The Hall–Kier alpha value is -2.54. The average Bonchev–Trinajstić information content (AvgIpc) is 2.61. The molecule has 1 aliphatic heterocycles. The zero-order valence-electron chi connectivity index (χ0n) is 13.7. The van der Waals surface area contributed by atoms with E-state index in [0.29, 0.717) is 30.3 Å². The fourth-order valence-corrected chi connectivity index (χ4v) is 2.94. The van der Waals surface area contributed by atoms with Crippen molar-refractivity contribution in [2.75, 3.05) is 45.4 Å². The molecule has 0 radical (unpaired) electrons. The van der Waals surface area contributed by atoms with Crippen molar-refractivity contribution in [3.05, 3.63) is 23.9 Å². The maximum Gasteiger partial charge on any atom is 0.307 e. The summed E-state index contributed by atoms with van der Waals surface area (Å²) in [5.74, 6) is 1.07. The predicted octanol–water partition coefficient (Wildman–Crippen LogP) is 1.72. The second kappa shape index (κ2) is 6.92. The van der Waals surface area contributed by atoms with Crippen LogP contribution in [0.1, 0.15) is 5.56 Å². The molecule has 1 aliphatic rings. The maximum atomic E-state index is 11.2. The van der Waals surface area contributed by atoms with Gasteiger partial charge in [0.25, 0.3) is 0 Å². The zero-order valence-corrected chi connectivity index (χ0v) is 13.7. The summed E-state index contributed by atoms with van der Waals surface area (Å²) in [4.78, 5) is 17.8. The van der Waals surface area contributed by atoms with E-state index in [1.165, 1.54) is 0 Å². The topological polar surface area (TPSA) is 81.1 Å². The van der Waals surface area contributed by atoms with E-state index in [4.69, 9.17) is 19.3 Å². The molecule has 1 aromatic carbocycles. The zero-order chi connectivity index (χ0) is 17.1. The number of carbonyl (C=O) groups is 1. The predicted molar refractivity (Wildman–Crippen MR) is 89.2 cm³/mol. The average molecular weight is 332 g/mol. The number of hydrogen-bond acceptors (Lipinski definition) is 6. The molecule has 0 unspecified atom stereocenters. The normalized spacial score (nSPS) is 14.7. The number of hydrogen-bond donors (Lipinski definition) is 1. The first kappa shape index (κ1) is 16.3. The summed E-state index contributed by atoms with van der Waals surface area (Å²) in [7, 11) is 3.14. The molecule has 1 N–H and O–H groups in total. The van der Waals surface area contributed by atoms with E-state index in [1.54, 1.807) is 20.4 Å². The van der Waals surface area contributed by atoms with Crippen molar-refractivity contribution in [3.63, 3.8) is 0 Å². The summed E-state index contributed by atoms with van der Waals surface area (Å²) in [5.41, 5.74) is 0.649. The van der Waals surface area contributed by atoms with Crippen molar-refractivity contribution in [1.29, 1.82) is 0 Å². The van der Waals surface area contributed by atoms with Crippen LogP contribution < -0.4 is 14.4 Å². The highest BCUT2D eigenvalue weighted by Crippen LogP contribution is 2.37. The lowest BCUT2D eigenvalue weighted by atomic mass is 10.0. The second-order valence-electron chi connectivity index (χ2n) is 5.53. The molecule has 0 atom stereocenters. The van der Waals surface area contributed by atoms with Crippen LogP contribution in [0.3, 0.4) is 0 Å². The molecule has 7 heteroatoms. The van der Waals surface area contributed by atoms with Crippen LogP contribution in [0.15, 0.2) is 18.3 Å². The van der Waals surface area contributed by atoms with Crippen molar-refractivity contribution < 1.29 is 24.1 Å². The van der Waals surface area contributed by atoms with Crippen LogP contribution >= 0.6 is 0 Å². The minimum atomic E-state index is -0.896. The van der Waals surface area contributed by atoms with Gasteiger partial charge in [-0.2, -0.15) is 0 Å². The lowest BCUT2D eigenvalue weighted by Crippen LogP contribution is -2.36. The number of nitrogens with zero attached hydrogens (tertiary/aromatic N) is 2. The van der Waals surface area contributed by atoms with Gasteiger partial charge in [0.05, 0.1) is 33.9 Å². The number of benzene rings is 1. The molecular weight excluding hydrogens is 312 g/mol. The molecule has 0 bridgehead atoms. The van der Waals surface area contributed by atoms with Gasteiger partial charge in [-0.15, -0.1) is 0 Å². The minimum Gasteiger partial charge on any atom is -0.493 e. The van der Waals surface area contributed by atoms with Gasteiger partial charge >= 0.3 is 5.97 Å². The van der Waals surface area contributed by atoms with E-state index >= 15 is 0 Å². The summed E-state index contributed by atoms with van der Waals surface area (Å²) in [6, 6.07) is 3.68. The lowest BCUT2D eigenvalue weighted by molar-refractivity contribution is -0.136. The molecule has 1 aromatic heterocycles. The van der Waals surface area contributed by atoms with Crippen molar-refractivity contribution in [2.45, 2.75) is 6.42 Å². The lowest BCUT2D eigenvalue weighted by Gasteiger charge is -2.29. The quantitative estimate of drug-likeness (QED) is 0.893. The summed E-state index contributed by atoms with van der Waals surface area (Å²) < 4.78 is 16.2. The SMILES string of the molecule is COc1cc2c(CC(=O)O)cnc(N3CCOCC3)c2cc1OC. The number of aromatic nitrogens is 1. The Balaban J connectivity index is 2.20. The van der Waals surface area contributed by atoms with Crippen LogP contribution in [0.25, 0.3) is 10.8 Å². The maximum absolute atomic E-state index is 11.2. The van der Waals surface area contributed by atoms with E-state index < -0.39 is 5.97 Å². The molecule has 24 heavy (non-hydrogen) atoms. The number of methoxy groups -OCH3 is 2.